The molecule has 4 aromatic rings. The Labute approximate surface area is 205 Å². The molecule has 10 heteroatoms. The van der Waals surface area contributed by atoms with Gasteiger partial charge in [-0.3, -0.25) is 18.9 Å². The molecule has 34 heavy (non-hydrogen) atoms. The largest absolute Gasteiger partial charge is 0.493 e. The minimum absolute atomic E-state index is 0.0541. The summed E-state index contributed by atoms with van der Waals surface area (Å²) in [5.41, 5.74) is 2.46. The van der Waals surface area contributed by atoms with Crippen LogP contribution < -0.4 is 10.3 Å². The molecule has 0 aliphatic carbocycles. The van der Waals surface area contributed by atoms with E-state index in [2.05, 4.69) is 9.88 Å². The van der Waals surface area contributed by atoms with Crippen molar-refractivity contribution in [2.75, 3.05) is 32.8 Å². The minimum Gasteiger partial charge on any atom is -0.493 e. The Morgan fingerprint density at radius 3 is 2.74 bits per heavy atom. The van der Waals surface area contributed by atoms with Crippen LogP contribution in [0, 0.1) is 0 Å². The summed E-state index contributed by atoms with van der Waals surface area (Å²) in [4.78, 5) is 39.2. The maximum absolute atomic E-state index is 12.9. The lowest BCUT2D eigenvalue weighted by molar-refractivity contribution is -0.132. The molecule has 176 valence electrons. The summed E-state index contributed by atoms with van der Waals surface area (Å²) in [7, 11) is 0. The summed E-state index contributed by atoms with van der Waals surface area (Å²) in [5.74, 6) is 0.898. The van der Waals surface area contributed by atoms with E-state index in [9.17, 15) is 9.59 Å². The normalized spacial score (nSPS) is 14.6. The standard InChI is InChI=1S/C24H25N5O3S2/c1-2-32-20-6-4-3-5-19(20)23-25-18(16-34-23)14-21(30)28-9-7-27(8-10-28)15-17-13-22(31)29-11-12-33-24(29)26-17/h3-6,11-13,16H,2,7-10,14-15H2,1H3. The van der Waals surface area contributed by atoms with E-state index in [4.69, 9.17) is 9.72 Å². The summed E-state index contributed by atoms with van der Waals surface area (Å²) in [5, 5.41) is 4.68. The summed E-state index contributed by atoms with van der Waals surface area (Å²) < 4.78 is 7.28. The van der Waals surface area contributed by atoms with Crippen LogP contribution >= 0.6 is 22.7 Å². The van der Waals surface area contributed by atoms with Gasteiger partial charge in [0.15, 0.2) is 4.96 Å². The molecule has 3 aromatic heterocycles. The Balaban J connectivity index is 1.17. The average molecular weight is 496 g/mol. The van der Waals surface area contributed by atoms with E-state index in [1.807, 2.05) is 46.8 Å². The van der Waals surface area contributed by atoms with Crippen LogP contribution in [0.3, 0.4) is 0 Å². The highest BCUT2D eigenvalue weighted by molar-refractivity contribution is 7.15. The number of piperazine rings is 1. The number of fused-ring (bicyclic) bond motifs is 1. The van der Waals surface area contributed by atoms with Crippen molar-refractivity contribution in [3.8, 4) is 16.3 Å². The van der Waals surface area contributed by atoms with E-state index >= 15 is 0 Å². The van der Waals surface area contributed by atoms with Gasteiger partial charge in [-0.2, -0.15) is 0 Å². The Bertz CT molecular complexity index is 1350. The number of ether oxygens (including phenoxy) is 1. The van der Waals surface area contributed by atoms with E-state index in [0.29, 0.717) is 37.6 Å². The number of thiazole rings is 2. The summed E-state index contributed by atoms with van der Waals surface area (Å²) in [6.07, 6.45) is 2.03. The first-order valence-corrected chi connectivity index (χ1v) is 13.0. The van der Waals surface area contributed by atoms with Gasteiger partial charge in [-0.05, 0) is 19.1 Å². The second kappa shape index (κ2) is 10.0. The van der Waals surface area contributed by atoms with Gasteiger partial charge < -0.3 is 9.64 Å². The zero-order valence-electron chi connectivity index (χ0n) is 18.8. The van der Waals surface area contributed by atoms with E-state index in [-0.39, 0.29) is 11.5 Å². The number of carbonyl (C=O) groups excluding carboxylic acids is 1. The molecule has 1 aliphatic heterocycles. The van der Waals surface area contributed by atoms with Crippen molar-refractivity contribution in [1.82, 2.24) is 24.2 Å². The third-order valence-corrected chi connectivity index (χ3v) is 7.45. The number of hydrogen-bond donors (Lipinski definition) is 0. The molecule has 1 aliphatic rings. The van der Waals surface area contributed by atoms with Crippen molar-refractivity contribution in [1.29, 1.82) is 0 Å². The van der Waals surface area contributed by atoms with E-state index in [0.717, 1.165) is 40.8 Å². The predicted molar refractivity (Wildman–Crippen MR) is 134 cm³/mol. The number of nitrogens with zero attached hydrogens (tertiary/aromatic N) is 5. The van der Waals surface area contributed by atoms with Gasteiger partial charge in [0.05, 0.1) is 30.0 Å². The second-order valence-corrected chi connectivity index (χ2v) is 9.78. The van der Waals surface area contributed by atoms with Gasteiger partial charge in [-0.25, -0.2) is 9.97 Å². The zero-order valence-corrected chi connectivity index (χ0v) is 20.5. The summed E-state index contributed by atoms with van der Waals surface area (Å²) in [6, 6.07) is 9.44. The van der Waals surface area contributed by atoms with Crippen LogP contribution in [-0.4, -0.2) is 62.9 Å². The zero-order chi connectivity index (χ0) is 23.5. The fraction of sp³-hybridized carbons (Fsp3) is 0.333. The first-order chi connectivity index (χ1) is 16.6. The molecule has 0 bridgehead atoms. The maximum Gasteiger partial charge on any atom is 0.258 e. The Hall–Kier alpha value is -3.08. The van der Waals surface area contributed by atoms with Gasteiger partial charge in [0.1, 0.15) is 10.8 Å². The molecule has 0 unspecified atom stereocenters. The number of para-hydroxylation sites is 1. The van der Waals surface area contributed by atoms with Crippen LogP contribution in [0.15, 0.2) is 52.1 Å². The van der Waals surface area contributed by atoms with E-state index < -0.39 is 0 Å². The van der Waals surface area contributed by atoms with Crippen LogP contribution in [0.1, 0.15) is 18.3 Å². The molecular weight excluding hydrogens is 470 g/mol. The first-order valence-electron chi connectivity index (χ1n) is 11.2. The number of carbonyl (C=O) groups is 1. The van der Waals surface area contributed by atoms with Crippen LogP contribution in [0.2, 0.25) is 0 Å². The lowest BCUT2D eigenvalue weighted by atomic mass is 10.2. The minimum atomic E-state index is -0.0541. The van der Waals surface area contributed by atoms with Gasteiger partial charge in [0, 0.05) is 55.7 Å². The summed E-state index contributed by atoms with van der Waals surface area (Å²) >= 11 is 2.99. The van der Waals surface area contributed by atoms with Gasteiger partial charge in [-0.1, -0.05) is 12.1 Å². The third kappa shape index (κ3) is 4.89. The molecule has 0 N–H and O–H groups in total. The van der Waals surface area contributed by atoms with Gasteiger partial charge in [-0.15, -0.1) is 22.7 Å². The molecule has 1 aromatic carbocycles. The highest BCUT2D eigenvalue weighted by Gasteiger charge is 2.23. The monoisotopic (exact) mass is 495 g/mol. The number of benzene rings is 1. The Morgan fingerprint density at radius 2 is 1.91 bits per heavy atom. The molecule has 0 radical (unpaired) electrons. The van der Waals surface area contributed by atoms with Crippen molar-refractivity contribution in [3.63, 3.8) is 0 Å². The van der Waals surface area contributed by atoms with Gasteiger partial charge in [0.2, 0.25) is 5.91 Å². The first kappa shape index (κ1) is 22.7. The molecular formula is C24H25N5O3S2. The molecule has 1 saturated heterocycles. The molecule has 8 nitrogen and oxygen atoms in total. The number of hydrogen-bond acceptors (Lipinski definition) is 8. The van der Waals surface area contributed by atoms with Crippen LogP contribution in [0.4, 0.5) is 0 Å². The lowest BCUT2D eigenvalue weighted by Crippen LogP contribution is -2.48. The molecule has 1 fully saturated rings. The van der Waals surface area contributed by atoms with Crippen molar-refractivity contribution in [3.05, 3.63) is 69.0 Å². The highest BCUT2D eigenvalue weighted by atomic mass is 32.1. The van der Waals surface area contributed by atoms with Gasteiger partial charge >= 0.3 is 0 Å². The molecule has 1 amide bonds. The average Bonchev–Trinajstić information content (AvgIpc) is 3.50. The summed E-state index contributed by atoms with van der Waals surface area (Å²) in [6.45, 7) is 5.98. The topological polar surface area (TPSA) is 80.0 Å². The highest BCUT2D eigenvalue weighted by Crippen LogP contribution is 2.32. The quantitative estimate of drug-likeness (QED) is 0.392. The maximum atomic E-state index is 12.9. The van der Waals surface area contributed by atoms with Crippen LogP contribution in [-0.2, 0) is 17.8 Å². The third-order valence-electron chi connectivity index (χ3n) is 5.77. The fourth-order valence-electron chi connectivity index (χ4n) is 4.06. The molecule has 0 atom stereocenters. The molecule has 4 heterocycles. The molecule has 0 spiro atoms. The Kier molecular flexibility index (Phi) is 6.70. The smallest absolute Gasteiger partial charge is 0.258 e. The number of rotatable bonds is 7. The number of aromatic nitrogens is 3. The Morgan fingerprint density at radius 1 is 1.09 bits per heavy atom. The van der Waals surface area contributed by atoms with E-state index in [1.54, 1.807) is 16.7 Å². The molecule has 0 saturated carbocycles. The van der Waals surface area contributed by atoms with Crippen molar-refractivity contribution in [2.24, 2.45) is 0 Å². The van der Waals surface area contributed by atoms with Crippen molar-refractivity contribution >= 4 is 33.5 Å². The van der Waals surface area contributed by atoms with Crippen LogP contribution in [0.5, 0.6) is 5.75 Å². The SMILES string of the molecule is CCOc1ccccc1-c1nc(CC(=O)N2CCN(Cc3cc(=O)n4ccsc4n3)CC2)cs1. The van der Waals surface area contributed by atoms with Crippen LogP contribution in [0.25, 0.3) is 15.5 Å². The fourth-order valence-corrected chi connectivity index (χ4v) is 5.64. The van der Waals surface area contributed by atoms with Gasteiger partial charge in [0.25, 0.3) is 5.56 Å². The second-order valence-electron chi connectivity index (χ2n) is 8.05. The van der Waals surface area contributed by atoms with Crippen molar-refractivity contribution < 1.29 is 9.53 Å². The molecule has 5 rings (SSSR count). The lowest BCUT2D eigenvalue weighted by Gasteiger charge is -2.34. The van der Waals surface area contributed by atoms with Crippen molar-refractivity contribution in [2.45, 2.75) is 19.9 Å². The predicted octanol–water partition coefficient (Wildman–Crippen LogP) is 3.17. The van der Waals surface area contributed by atoms with E-state index in [1.165, 1.54) is 22.7 Å². The number of amides is 1.